The van der Waals surface area contributed by atoms with Crippen LogP contribution in [0.2, 0.25) is 0 Å². The van der Waals surface area contributed by atoms with Crippen molar-refractivity contribution in [2.45, 2.75) is 61.9 Å². The van der Waals surface area contributed by atoms with Crippen molar-refractivity contribution in [3.8, 4) is 0 Å². The van der Waals surface area contributed by atoms with Crippen LogP contribution in [0.5, 0.6) is 0 Å². The van der Waals surface area contributed by atoms with Gasteiger partial charge in [0.2, 0.25) is 0 Å². The number of phosphoric acid groups is 2. The van der Waals surface area contributed by atoms with Gasteiger partial charge in [-0.25, -0.2) is 13.9 Å². The largest absolute Gasteiger partial charge is 0.483 e. The number of aromatic amines is 1. The van der Waals surface area contributed by atoms with Crippen molar-refractivity contribution in [1.82, 2.24) is 9.55 Å². The predicted octanol–water partition coefficient (Wildman–Crippen LogP) is -1.49. The Bertz CT molecular complexity index is 1110. The molecule has 35 heavy (non-hydrogen) atoms. The second kappa shape index (κ2) is 11.2. The molecular weight excluding hydrogens is 538 g/mol. The molecule has 0 amide bonds. The number of aliphatic hydroxyl groups excluding tert-OH is 3. The number of nitrogens with zero attached hydrogens (tertiary/aromatic N) is 1. The molecule has 6 N–H and O–H groups in total. The van der Waals surface area contributed by atoms with Gasteiger partial charge in [0, 0.05) is 11.8 Å². The van der Waals surface area contributed by atoms with Crippen molar-refractivity contribution in [3.63, 3.8) is 0 Å². The summed E-state index contributed by atoms with van der Waals surface area (Å²) in [6.45, 7) is 0.191. The number of ether oxygens (including phenoxy) is 2. The van der Waals surface area contributed by atoms with Crippen LogP contribution in [-0.4, -0.2) is 83.8 Å². The van der Waals surface area contributed by atoms with Gasteiger partial charge in [-0.1, -0.05) is 0 Å². The van der Waals surface area contributed by atoms with Crippen molar-refractivity contribution < 1.29 is 57.1 Å². The number of H-pyrrole nitrogens is 1. The van der Waals surface area contributed by atoms with Crippen LogP contribution in [0.1, 0.15) is 24.6 Å². The minimum absolute atomic E-state index is 0.274. The number of phosphoric ester groups is 2. The second-order valence-electron chi connectivity index (χ2n) is 7.89. The van der Waals surface area contributed by atoms with Crippen LogP contribution in [0.15, 0.2) is 15.8 Å². The summed E-state index contributed by atoms with van der Waals surface area (Å²) in [5.74, 6) is 0. The average Bonchev–Trinajstić information content (AvgIpc) is 3.23. The number of rotatable bonds is 9. The summed E-state index contributed by atoms with van der Waals surface area (Å²) in [6, 6.07) is 0. The fourth-order valence-corrected chi connectivity index (χ4v) is 5.96. The third-order valence-corrected chi connectivity index (χ3v) is 8.47. The zero-order chi connectivity index (χ0) is 26.1. The molecule has 5 unspecified atom stereocenters. The minimum Gasteiger partial charge on any atom is -0.394 e. The Labute approximate surface area is 203 Å². The highest BCUT2D eigenvalue weighted by atomic mass is 32.1. The zero-order valence-electron chi connectivity index (χ0n) is 18.1. The number of thiol groups is 1. The molecule has 2 saturated heterocycles. The molecule has 2 aliphatic rings. The molecule has 200 valence electrons. The molecule has 2 aliphatic heterocycles. The third kappa shape index (κ3) is 7.11. The van der Waals surface area contributed by atoms with E-state index in [2.05, 4.69) is 26.4 Å². The number of aliphatic hydroxyl groups is 3. The quantitative estimate of drug-likeness (QED) is 0.134. The van der Waals surface area contributed by atoms with Crippen LogP contribution in [0.25, 0.3) is 0 Å². The first-order valence-electron chi connectivity index (χ1n) is 10.2. The normalized spacial score (nSPS) is 34.9. The molecule has 2 fully saturated rings. The number of aryl methyl sites for hydroxylation is 1. The Morgan fingerprint density at radius 2 is 1.86 bits per heavy atom. The SMILES string of the molecule is Cc1cn([C@H]2CC[C@@H](COP(=O)(O)OP(=O)(O)O[C@H]3OC(CO)[C@@H](O)C(S)C3O)O2)c(=O)[nH]c1=O. The highest BCUT2D eigenvalue weighted by Gasteiger charge is 2.48. The lowest BCUT2D eigenvalue weighted by molar-refractivity contribution is -0.241. The number of hydrogen-bond acceptors (Lipinski definition) is 13. The smallest absolute Gasteiger partial charge is 0.394 e. The maximum absolute atomic E-state index is 12.2. The highest BCUT2D eigenvalue weighted by Crippen LogP contribution is 2.61. The molecule has 9 atom stereocenters. The molecule has 1 aromatic rings. The first kappa shape index (κ1) is 28.7. The van der Waals surface area contributed by atoms with Gasteiger partial charge in [0.25, 0.3) is 5.56 Å². The Hall–Kier alpha value is -0.910. The van der Waals surface area contributed by atoms with Crippen LogP contribution < -0.4 is 11.2 Å². The van der Waals surface area contributed by atoms with E-state index >= 15 is 0 Å². The highest BCUT2D eigenvalue weighted by molar-refractivity contribution is 7.81. The summed E-state index contributed by atoms with van der Waals surface area (Å²) in [4.78, 5) is 45.3. The standard InChI is InChI=1S/C16H26N2O14P2S/c1-7-4-18(16(23)17-14(7)22)10-3-2-8(29-10)6-28-33(24,25)32-34(26,27)31-15-12(21)13(35)11(20)9(5-19)30-15/h4,8-13,15,19-21,35H,2-3,5-6H2,1H3,(H,24,25)(H,26,27)(H,17,22,23)/t8-,9?,10+,11+,12?,13?,15+/m0/s1. The number of hydrogen-bond donors (Lipinski definition) is 7. The average molecular weight is 564 g/mol. The summed E-state index contributed by atoms with van der Waals surface area (Å²) >= 11 is 3.93. The summed E-state index contributed by atoms with van der Waals surface area (Å²) < 4.78 is 49.6. The van der Waals surface area contributed by atoms with Crippen LogP contribution in [-0.2, 0) is 32.0 Å². The van der Waals surface area contributed by atoms with Gasteiger partial charge in [-0.15, -0.1) is 0 Å². The Kier molecular flexibility index (Phi) is 9.19. The molecule has 0 saturated carbocycles. The molecule has 0 aliphatic carbocycles. The molecular formula is C16H26N2O14P2S. The fraction of sp³-hybridized carbons (Fsp3) is 0.750. The van der Waals surface area contributed by atoms with Crippen molar-refractivity contribution in [1.29, 1.82) is 0 Å². The van der Waals surface area contributed by atoms with E-state index in [0.29, 0.717) is 6.42 Å². The van der Waals surface area contributed by atoms with Crippen molar-refractivity contribution in [3.05, 3.63) is 32.6 Å². The van der Waals surface area contributed by atoms with E-state index in [1.807, 2.05) is 0 Å². The van der Waals surface area contributed by atoms with Gasteiger partial charge in [-0.3, -0.25) is 23.4 Å². The molecule has 0 radical (unpaired) electrons. The monoisotopic (exact) mass is 564 g/mol. The molecule has 0 aromatic carbocycles. The summed E-state index contributed by atoms with van der Waals surface area (Å²) in [5.41, 5.74) is -0.971. The molecule has 19 heteroatoms. The molecule has 0 spiro atoms. The van der Waals surface area contributed by atoms with E-state index in [-0.39, 0.29) is 12.0 Å². The molecule has 16 nitrogen and oxygen atoms in total. The number of nitrogens with one attached hydrogen (secondary N) is 1. The lowest BCUT2D eigenvalue weighted by atomic mass is 10.0. The fourth-order valence-electron chi connectivity index (χ4n) is 3.45. The van der Waals surface area contributed by atoms with Gasteiger partial charge in [0.15, 0.2) is 6.29 Å². The van der Waals surface area contributed by atoms with Crippen LogP contribution >= 0.6 is 28.3 Å². The molecule has 3 rings (SSSR count). The lowest BCUT2D eigenvalue weighted by Crippen LogP contribution is -2.56. The van der Waals surface area contributed by atoms with E-state index in [4.69, 9.17) is 14.0 Å². The van der Waals surface area contributed by atoms with Crippen molar-refractivity contribution >= 4 is 28.3 Å². The van der Waals surface area contributed by atoms with Gasteiger partial charge in [-0.2, -0.15) is 16.9 Å². The second-order valence-corrected chi connectivity index (χ2v) is 11.5. The molecule has 1 aromatic heterocycles. The van der Waals surface area contributed by atoms with Gasteiger partial charge in [-0.05, 0) is 19.8 Å². The maximum atomic E-state index is 12.2. The van der Waals surface area contributed by atoms with Gasteiger partial charge in [0.05, 0.1) is 30.7 Å². The maximum Gasteiger partial charge on any atom is 0.483 e. The van der Waals surface area contributed by atoms with Gasteiger partial charge >= 0.3 is 21.3 Å². The zero-order valence-corrected chi connectivity index (χ0v) is 20.8. The van der Waals surface area contributed by atoms with E-state index in [1.54, 1.807) is 0 Å². The minimum atomic E-state index is -5.38. The van der Waals surface area contributed by atoms with Crippen LogP contribution in [0, 0.1) is 6.92 Å². The summed E-state index contributed by atoms with van der Waals surface area (Å²) in [6.07, 6.45) is -6.16. The number of aromatic nitrogens is 2. The van der Waals surface area contributed by atoms with E-state index in [1.165, 1.54) is 13.1 Å². The molecule has 0 bridgehead atoms. The summed E-state index contributed by atoms with van der Waals surface area (Å²) in [7, 11) is -10.6. The Morgan fingerprint density at radius 3 is 2.51 bits per heavy atom. The van der Waals surface area contributed by atoms with Crippen molar-refractivity contribution in [2.75, 3.05) is 13.2 Å². The van der Waals surface area contributed by atoms with Gasteiger partial charge < -0.3 is 34.6 Å². The first-order chi connectivity index (χ1) is 16.2. The van der Waals surface area contributed by atoms with Crippen molar-refractivity contribution in [2.24, 2.45) is 0 Å². The van der Waals surface area contributed by atoms with Crippen LogP contribution in [0.4, 0.5) is 0 Å². The van der Waals surface area contributed by atoms with Gasteiger partial charge in [0.1, 0.15) is 18.4 Å². The van der Waals surface area contributed by atoms with E-state index in [0.717, 1.165) is 4.57 Å². The van der Waals surface area contributed by atoms with E-state index < -0.39 is 82.3 Å². The topological polar surface area (TPSA) is 236 Å². The third-order valence-electron chi connectivity index (χ3n) is 5.26. The first-order valence-corrected chi connectivity index (χ1v) is 13.7. The summed E-state index contributed by atoms with van der Waals surface area (Å²) in [5, 5.41) is 27.8. The Morgan fingerprint density at radius 1 is 1.17 bits per heavy atom. The van der Waals surface area contributed by atoms with E-state index in [9.17, 15) is 43.8 Å². The predicted molar refractivity (Wildman–Crippen MR) is 118 cm³/mol. The Balaban J connectivity index is 1.55. The lowest BCUT2D eigenvalue weighted by Gasteiger charge is -2.40. The van der Waals surface area contributed by atoms with Crippen LogP contribution in [0.3, 0.4) is 0 Å². The molecule has 3 heterocycles.